The van der Waals surface area contributed by atoms with Gasteiger partial charge in [0.1, 0.15) is 11.6 Å². The Morgan fingerprint density at radius 2 is 2.12 bits per heavy atom. The minimum atomic E-state index is -1.09. The third-order valence-corrected chi connectivity index (χ3v) is 2.15. The lowest BCUT2D eigenvalue weighted by atomic mass is 10.1. The van der Waals surface area contributed by atoms with Crippen LogP contribution in [0.1, 0.15) is 19.4 Å². The van der Waals surface area contributed by atoms with Gasteiger partial charge in [-0.2, -0.15) is 0 Å². The molecule has 0 fully saturated rings. The van der Waals surface area contributed by atoms with E-state index in [2.05, 4.69) is 0 Å². The van der Waals surface area contributed by atoms with E-state index in [-0.39, 0.29) is 11.8 Å². The van der Waals surface area contributed by atoms with Crippen LogP contribution >= 0.6 is 0 Å². The van der Waals surface area contributed by atoms with E-state index in [0.29, 0.717) is 12.0 Å². The van der Waals surface area contributed by atoms with Gasteiger partial charge in [0.2, 0.25) is 0 Å². The average Bonchev–Trinajstić information content (AvgIpc) is 2.14. The van der Waals surface area contributed by atoms with Gasteiger partial charge in [-0.25, -0.2) is 9.18 Å². The van der Waals surface area contributed by atoms with Crippen molar-refractivity contribution in [3.8, 4) is 5.75 Å². The number of hydrogen-bond donors (Lipinski definition) is 2. The fourth-order valence-electron chi connectivity index (χ4n) is 1.43. The van der Waals surface area contributed by atoms with Gasteiger partial charge in [-0.1, -0.05) is 0 Å². The van der Waals surface area contributed by atoms with Crippen molar-refractivity contribution in [3.05, 3.63) is 29.6 Å². The number of nitrogens with two attached hydrogens (primary N) is 1. The summed E-state index contributed by atoms with van der Waals surface area (Å²) in [5.74, 6) is -1.35. The zero-order valence-corrected chi connectivity index (χ0v) is 9.81. The van der Waals surface area contributed by atoms with Crippen LogP contribution in [-0.4, -0.2) is 23.2 Å². The molecule has 4 nitrogen and oxygen atoms in total. The molecule has 0 heterocycles. The highest BCUT2D eigenvalue weighted by Gasteiger charge is 2.13. The van der Waals surface area contributed by atoms with E-state index in [1.165, 1.54) is 13.0 Å². The minimum Gasteiger partial charge on any atom is -0.479 e. The highest BCUT2D eigenvalue weighted by atomic mass is 19.1. The number of carbonyl (C=O) groups is 1. The molecule has 94 valence electrons. The van der Waals surface area contributed by atoms with Gasteiger partial charge in [-0.05, 0) is 38.0 Å². The molecule has 2 atom stereocenters. The maximum Gasteiger partial charge on any atom is 0.344 e. The van der Waals surface area contributed by atoms with Crippen molar-refractivity contribution >= 4 is 5.97 Å². The lowest BCUT2D eigenvalue weighted by molar-refractivity contribution is -0.144. The van der Waals surface area contributed by atoms with Crippen LogP contribution < -0.4 is 10.5 Å². The first-order valence-electron chi connectivity index (χ1n) is 5.33. The Balaban J connectivity index is 2.85. The number of carboxylic acids is 1. The zero-order valence-electron chi connectivity index (χ0n) is 9.81. The number of halogens is 1. The zero-order chi connectivity index (χ0) is 13.0. The van der Waals surface area contributed by atoms with Gasteiger partial charge in [-0.3, -0.25) is 0 Å². The number of hydrogen-bond acceptors (Lipinski definition) is 3. The Morgan fingerprint density at radius 1 is 1.47 bits per heavy atom. The van der Waals surface area contributed by atoms with E-state index in [0.717, 1.165) is 6.07 Å². The third kappa shape index (κ3) is 4.40. The van der Waals surface area contributed by atoms with Gasteiger partial charge in [0.05, 0.1) is 0 Å². The molecule has 0 aliphatic carbocycles. The van der Waals surface area contributed by atoms with E-state index >= 15 is 0 Å². The summed E-state index contributed by atoms with van der Waals surface area (Å²) in [7, 11) is 0. The van der Waals surface area contributed by atoms with Gasteiger partial charge >= 0.3 is 5.97 Å². The van der Waals surface area contributed by atoms with Crippen LogP contribution in [-0.2, 0) is 11.2 Å². The number of ether oxygens (including phenoxy) is 1. The molecule has 0 bridgehead atoms. The van der Waals surface area contributed by atoms with Crippen LogP contribution in [0.5, 0.6) is 5.75 Å². The van der Waals surface area contributed by atoms with Crippen molar-refractivity contribution < 1.29 is 19.0 Å². The van der Waals surface area contributed by atoms with Crippen LogP contribution in [0.2, 0.25) is 0 Å². The number of benzene rings is 1. The smallest absolute Gasteiger partial charge is 0.344 e. The number of aliphatic carboxylic acids is 1. The summed E-state index contributed by atoms with van der Waals surface area (Å²) in [4.78, 5) is 10.6. The second-order valence-corrected chi connectivity index (χ2v) is 4.07. The van der Waals surface area contributed by atoms with Gasteiger partial charge < -0.3 is 15.6 Å². The van der Waals surface area contributed by atoms with Crippen molar-refractivity contribution in [2.75, 3.05) is 0 Å². The molecule has 0 aliphatic rings. The van der Waals surface area contributed by atoms with E-state index in [4.69, 9.17) is 15.6 Å². The maximum atomic E-state index is 13.3. The molecular weight excluding hydrogens is 225 g/mol. The SMILES string of the molecule is CC(N)Cc1cc(F)cc(OC(C)C(=O)O)c1. The van der Waals surface area contributed by atoms with Gasteiger partial charge in [-0.15, -0.1) is 0 Å². The summed E-state index contributed by atoms with van der Waals surface area (Å²) in [5, 5.41) is 8.69. The Kier molecular flexibility index (Phi) is 4.45. The average molecular weight is 241 g/mol. The maximum absolute atomic E-state index is 13.3. The minimum absolute atomic E-state index is 0.0958. The van der Waals surface area contributed by atoms with Crippen molar-refractivity contribution in [1.82, 2.24) is 0 Å². The molecule has 0 aliphatic heterocycles. The molecule has 0 spiro atoms. The first-order valence-corrected chi connectivity index (χ1v) is 5.33. The predicted octanol–water partition coefficient (Wildman–Crippen LogP) is 1.57. The predicted molar refractivity (Wildman–Crippen MR) is 61.5 cm³/mol. The molecule has 0 amide bonds. The molecule has 0 saturated carbocycles. The molecule has 0 aromatic heterocycles. The molecule has 0 saturated heterocycles. The highest BCUT2D eigenvalue weighted by Crippen LogP contribution is 2.18. The largest absolute Gasteiger partial charge is 0.479 e. The highest BCUT2D eigenvalue weighted by molar-refractivity contribution is 5.72. The molecule has 0 radical (unpaired) electrons. The number of carboxylic acid groups (broad SMARTS) is 1. The summed E-state index contributed by atoms with van der Waals surface area (Å²) in [6.45, 7) is 3.20. The van der Waals surface area contributed by atoms with E-state index < -0.39 is 17.9 Å². The second kappa shape index (κ2) is 5.63. The van der Waals surface area contributed by atoms with Gasteiger partial charge in [0.25, 0.3) is 0 Å². The molecule has 1 aromatic carbocycles. The first kappa shape index (κ1) is 13.4. The normalized spacial score (nSPS) is 14.1. The van der Waals surface area contributed by atoms with E-state index in [1.807, 2.05) is 6.92 Å². The van der Waals surface area contributed by atoms with Crippen molar-refractivity contribution in [1.29, 1.82) is 0 Å². The Hall–Kier alpha value is -1.62. The topological polar surface area (TPSA) is 72.5 Å². The third-order valence-electron chi connectivity index (χ3n) is 2.15. The van der Waals surface area contributed by atoms with Crippen LogP contribution in [0.4, 0.5) is 4.39 Å². The summed E-state index contributed by atoms with van der Waals surface area (Å²) >= 11 is 0. The molecular formula is C12H16FNO3. The molecule has 2 unspecified atom stereocenters. The van der Waals surface area contributed by atoms with E-state index in [1.54, 1.807) is 6.07 Å². The summed E-state index contributed by atoms with van der Waals surface area (Å²) < 4.78 is 18.4. The summed E-state index contributed by atoms with van der Waals surface area (Å²) in [6, 6.07) is 4.03. The molecule has 17 heavy (non-hydrogen) atoms. The summed E-state index contributed by atoms with van der Waals surface area (Å²) in [5.41, 5.74) is 6.30. The van der Waals surface area contributed by atoms with Crippen molar-refractivity contribution in [3.63, 3.8) is 0 Å². The lowest BCUT2D eigenvalue weighted by Crippen LogP contribution is -2.23. The van der Waals surface area contributed by atoms with Crippen LogP contribution in [0.25, 0.3) is 0 Å². The van der Waals surface area contributed by atoms with E-state index in [9.17, 15) is 9.18 Å². The Morgan fingerprint density at radius 3 is 2.65 bits per heavy atom. The van der Waals surface area contributed by atoms with Gasteiger partial charge in [0.15, 0.2) is 6.10 Å². The quantitative estimate of drug-likeness (QED) is 0.820. The monoisotopic (exact) mass is 241 g/mol. The number of rotatable bonds is 5. The van der Waals surface area contributed by atoms with Crippen LogP contribution in [0, 0.1) is 5.82 Å². The molecule has 5 heteroatoms. The van der Waals surface area contributed by atoms with Crippen molar-refractivity contribution in [2.24, 2.45) is 5.73 Å². The lowest BCUT2D eigenvalue weighted by Gasteiger charge is -2.12. The van der Waals surface area contributed by atoms with Gasteiger partial charge in [0, 0.05) is 12.1 Å². The second-order valence-electron chi connectivity index (χ2n) is 4.07. The molecule has 1 rings (SSSR count). The van der Waals surface area contributed by atoms with Crippen molar-refractivity contribution in [2.45, 2.75) is 32.4 Å². The fraction of sp³-hybridized carbons (Fsp3) is 0.417. The standard InChI is InChI=1S/C12H16FNO3/c1-7(14)3-9-4-10(13)6-11(5-9)17-8(2)12(15)16/h4-8H,3,14H2,1-2H3,(H,15,16). The fourth-order valence-corrected chi connectivity index (χ4v) is 1.43. The summed E-state index contributed by atoms with van der Waals surface area (Å²) in [6.07, 6.45) is -0.504. The Labute approximate surface area is 99.2 Å². The molecule has 1 aromatic rings. The molecule has 3 N–H and O–H groups in total. The van der Waals surface area contributed by atoms with Crippen LogP contribution in [0.3, 0.4) is 0 Å². The first-order chi connectivity index (χ1) is 7.88. The van der Waals surface area contributed by atoms with Crippen LogP contribution in [0.15, 0.2) is 18.2 Å². The Bertz CT molecular complexity index is 407.